The third-order valence-corrected chi connectivity index (χ3v) is 2.34. The lowest BCUT2D eigenvalue weighted by molar-refractivity contribution is -0.384. The molecule has 0 bridgehead atoms. The summed E-state index contributed by atoms with van der Waals surface area (Å²) >= 11 is 3.32. The van der Waals surface area contributed by atoms with Gasteiger partial charge in [-0.3, -0.25) is 10.1 Å². The summed E-state index contributed by atoms with van der Waals surface area (Å²) in [6.45, 7) is 1.86. The average Bonchev–Trinajstić information content (AvgIpc) is 2.17. The van der Waals surface area contributed by atoms with Gasteiger partial charge in [0.1, 0.15) is 0 Å². The molecule has 0 N–H and O–H groups in total. The van der Waals surface area contributed by atoms with Crippen LogP contribution in [-0.4, -0.2) is 10.3 Å². The molecule has 4 heteroatoms. The lowest BCUT2D eigenvalue weighted by Gasteiger charge is -1.97. The number of rotatable bonds is 4. The van der Waals surface area contributed by atoms with Crippen LogP contribution in [0.5, 0.6) is 0 Å². The van der Waals surface area contributed by atoms with Crippen molar-refractivity contribution in [2.24, 2.45) is 0 Å². The zero-order valence-corrected chi connectivity index (χ0v) is 10.0. The molecule has 0 spiro atoms. The Bertz CT molecular complexity index is 388. The van der Waals surface area contributed by atoms with Gasteiger partial charge in [-0.1, -0.05) is 34.1 Å². The molecule has 0 saturated carbocycles. The van der Waals surface area contributed by atoms with Crippen molar-refractivity contribution in [3.63, 3.8) is 0 Å². The highest BCUT2D eigenvalue weighted by atomic mass is 79.9. The fourth-order valence-electron chi connectivity index (χ4n) is 1.28. The summed E-state index contributed by atoms with van der Waals surface area (Å²) in [4.78, 5) is 10.2. The highest BCUT2D eigenvalue weighted by Crippen LogP contribution is 2.17. The second kappa shape index (κ2) is 5.66. The van der Waals surface area contributed by atoms with E-state index in [-0.39, 0.29) is 10.6 Å². The lowest BCUT2D eigenvalue weighted by Crippen LogP contribution is -1.89. The number of non-ortho nitro benzene ring substituents is 1. The Morgan fingerprint density at radius 1 is 1.47 bits per heavy atom. The molecule has 1 rings (SSSR count). The molecule has 0 saturated heterocycles. The van der Waals surface area contributed by atoms with E-state index in [1.165, 1.54) is 0 Å². The number of hydrogen-bond acceptors (Lipinski definition) is 2. The van der Waals surface area contributed by atoms with Crippen LogP contribution < -0.4 is 0 Å². The van der Waals surface area contributed by atoms with Crippen LogP contribution in [0.3, 0.4) is 0 Å². The Kier molecular flexibility index (Phi) is 4.49. The van der Waals surface area contributed by atoms with E-state index in [2.05, 4.69) is 15.9 Å². The number of allylic oxidation sites excluding steroid dienone is 1. The molecule has 0 unspecified atom stereocenters. The van der Waals surface area contributed by atoms with Gasteiger partial charge in [0.05, 0.1) is 4.92 Å². The van der Waals surface area contributed by atoms with Crippen molar-refractivity contribution in [2.45, 2.75) is 13.3 Å². The molecule has 0 aliphatic heterocycles. The second-order valence-electron chi connectivity index (χ2n) is 3.24. The number of aryl methyl sites for hydroxylation is 1. The van der Waals surface area contributed by atoms with Crippen molar-refractivity contribution >= 4 is 27.7 Å². The van der Waals surface area contributed by atoms with Crippen molar-refractivity contribution in [3.05, 3.63) is 45.5 Å². The Morgan fingerprint density at radius 2 is 2.20 bits per heavy atom. The van der Waals surface area contributed by atoms with Crippen LogP contribution in [0.2, 0.25) is 0 Å². The van der Waals surface area contributed by atoms with E-state index in [9.17, 15) is 10.1 Å². The third-order valence-electron chi connectivity index (χ3n) is 1.88. The van der Waals surface area contributed by atoms with E-state index < -0.39 is 0 Å². The van der Waals surface area contributed by atoms with Gasteiger partial charge in [0, 0.05) is 17.5 Å². The fraction of sp³-hybridized carbons (Fsp3) is 0.273. The first-order valence-corrected chi connectivity index (χ1v) is 5.74. The number of alkyl halides is 1. The molecule has 0 amide bonds. The summed E-state index contributed by atoms with van der Waals surface area (Å²) in [6, 6.07) is 5.08. The fourth-order valence-corrected chi connectivity index (χ4v) is 1.54. The van der Waals surface area contributed by atoms with Gasteiger partial charge >= 0.3 is 0 Å². The number of nitro benzene ring substituents is 1. The van der Waals surface area contributed by atoms with E-state index >= 15 is 0 Å². The van der Waals surface area contributed by atoms with E-state index in [1.807, 2.05) is 25.1 Å². The smallest absolute Gasteiger partial charge is 0.258 e. The molecule has 0 radical (unpaired) electrons. The molecule has 3 nitrogen and oxygen atoms in total. The molecule has 1 aromatic carbocycles. The monoisotopic (exact) mass is 269 g/mol. The van der Waals surface area contributed by atoms with E-state index in [0.29, 0.717) is 0 Å². The molecule has 0 atom stereocenters. The number of nitro groups is 1. The Hall–Kier alpha value is -1.16. The standard InChI is InChI=1S/C11H12BrNO2/c1-9-6-10(4-2-3-5-12)8-11(7-9)13(14)15/h2,4,6-8H,3,5H2,1H3. The van der Waals surface area contributed by atoms with Crippen LogP contribution in [0.15, 0.2) is 24.3 Å². The first-order valence-electron chi connectivity index (χ1n) is 4.62. The van der Waals surface area contributed by atoms with Crippen LogP contribution in [0, 0.1) is 17.0 Å². The van der Waals surface area contributed by atoms with Gasteiger partial charge in [0.2, 0.25) is 0 Å². The zero-order valence-electron chi connectivity index (χ0n) is 8.44. The molecule has 80 valence electrons. The number of nitrogens with zero attached hydrogens (tertiary/aromatic N) is 1. The van der Waals surface area contributed by atoms with Crippen LogP contribution in [0.4, 0.5) is 5.69 Å². The van der Waals surface area contributed by atoms with Crippen molar-refractivity contribution in [3.8, 4) is 0 Å². The topological polar surface area (TPSA) is 43.1 Å². The normalized spacial score (nSPS) is 10.8. The summed E-state index contributed by atoms with van der Waals surface area (Å²) in [5.74, 6) is 0. The minimum Gasteiger partial charge on any atom is -0.258 e. The van der Waals surface area contributed by atoms with E-state index in [4.69, 9.17) is 0 Å². The Labute approximate surface area is 97.1 Å². The summed E-state index contributed by atoms with van der Waals surface area (Å²) in [5.41, 5.74) is 1.93. The summed E-state index contributed by atoms with van der Waals surface area (Å²) < 4.78 is 0. The van der Waals surface area contributed by atoms with E-state index in [1.54, 1.807) is 12.1 Å². The molecule has 0 fully saturated rings. The van der Waals surface area contributed by atoms with Crippen molar-refractivity contribution in [1.29, 1.82) is 0 Å². The van der Waals surface area contributed by atoms with Gasteiger partial charge in [-0.2, -0.15) is 0 Å². The third kappa shape index (κ3) is 3.83. The van der Waals surface area contributed by atoms with Gasteiger partial charge in [-0.05, 0) is 24.5 Å². The summed E-state index contributed by atoms with van der Waals surface area (Å²) in [6.07, 6.45) is 4.82. The van der Waals surface area contributed by atoms with Crippen LogP contribution in [0.1, 0.15) is 17.5 Å². The molecular formula is C11H12BrNO2. The molecular weight excluding hydrogens is 258 g/mol. The van der Waals surface area contributed by atoms with Crippen LogP contribution >= 0.6 is 15.9 Å². The summed E-state index contributed by atoms with van der Waals surface area (Å²) in [5, 5.41) is 11.5. The van der Waals surface area contributed by atoms with Gasteiger partial charge in [0.15, 0.2) is 0 Å². The first-order chi connectivity index (χ1) is 7.13. The van der Waals surface area contributed by atoms with Crippen molar-refractivity contribution in [1.82, 2.24) is 0 Å². The molecule has 0 aliphatic rings. The molecule has 0 heterocycles. The van der Waals surface area contributed by atoms with E-state index in [0.717, 1.165) is 22.9 Å². The first kappa shape index (κ1) is 11.9. The molecule has 0 aliphatic carbocycles. The van der Waals surface area contributed by atoms with Gasteiger partial charge in [0.25, 0.3) is 5.69 Å². The predicted molar refractivity (Wildman–Crippen MR) is 65.3 cm³/mol. The van der Waals surface area contributed by atoms with Crippen LogP contribution in [0.25, 0.3) is 6.08 Å². The molecule has 15 heavy (non-hydrogen) atoms. The lowest BCUT2D eigenvalue weighted by atomic mass is 10.1. The average molecular weight is 270 g/mol. The minimum absolute atomic E-state index is 0.147. The maximum Gasteiger partial charge on any atom is 0.270 e. The summed E-state index contributed by atoms with van der Waals surface area (Å²) in [7, 11) is 0. The van der Waals surface area contributed by atoms with Gasteiger partial charge in [-0.15, -0.1) is 0 Å². The number of hydrogen-bond donors (Lipinski definition) is 0. The van der Waals surface area contributed by atoms with Gasteiger partial charge < -0.3 is 0 Å². The Balaban J connectivity index is 2.93. The molecule has 0 aromatic heterocycles. The maximum absolute atomic E-state index is 10.6. The van der Waals surface area contributed by atoms with Crippen molar-refractivity contribution in [2.75, 3.05) is 5.33 Å². The quantitative estimate of drug-likeness (QED) is 0.475. The SMILES string of the molecule is Cc1cc(C=CCCBr)cc([N+](=O)[O-])c1. The number of benzene rings is 1. The number of halogens is 1. The minimum atomic E-state index is -0.366. The maximum atomic E-state index is 10.6. The largest absolute Gasteiger partial charge is 0.270 e. The van der Waals surface area contributed by atoms with Crippen molar-refractivity contribution < 1.29 is 4.92 Å². The Morgan fingerprint density at radius 3 is 2.80 bits per heavy atom. The second-order valence-corrected chi connectivity index (χ2v) is 4.03. The predicted octanol–water partition coefficient (Wildman–Crippen LogP) is 3.70. The van der Waals surface area contributed by atoms with Gasteiger partial charge in [-0.25, -0.2) is 0 Å². The zero-order chi connectivity index (χ0) is 11.3. The molecule has 1 aromatic rings. The highest BCUT2D eigenvalue weighted by Gasteiger charge is 2.05. The van der Waals surface area contributed by atoms with Crippen LogP contribution in [-0.2, 0) is 0 Å². The highest BCUT2D eigenvalue weighted by molar-refractivity contribution is 9.09.